The quantitative estimate of drug-likeness (QED) is 0.0662. The number of carboxylic acids is 2. The summed E-state index contributed by atoms with van der Waals surface area (Å²) in [6.07, 6.45) is 9.27. The minimum atomic E-state index is -1.13. The monoisotopic (exact) mass is 1260 g/mol. The molecule has 400 valence electrons. The highest BCUT2D eigenvalue weighted by Gasteiger charge is 2.27. The second-order valence-corrected chi connectivity index (χ2v) is 19.6. The fourth-order valence-electron chi connectivity index (χ4n) is 8.68. The van der Waals surface area contributed by atoms with Crippen molar-refractivity contribution in [3.63, 3.8) is 0 Å². The van der Waals surface area contributed by atoms with E-state index in [1.165, 1.54) is 26.1 Å². The molecule has 0 atom stereocenters. The van der Waals surface area contributed by atoms with Crippen molar-refractivity contribution in [3.8, 4) is 11.8 Å². The predicted octanol–water partition coefficient (Wildman–Crippen LogP) is 6.55. The topological polar surface area (TPSA) is 379 Å². The lowest BCUT2D eigenvalue weighted by molar-refractivity contribution is 0.0299. The molecule has 1 amide bonds. The average Bonchev–Trinajstić information content (AvgIpc) is 4.43. The fourth-order valence-corrected chi connectivity index (χ4v) is 10.6. The van der Waals surface area contributed by atoms with Crippen molar-refractivity contribution in [2.75, 3.05) is 56.5 Å². The molecule has 4 aliphatic rings. The number of aromatic carboxylic acids is 2. The van der Waals surface area contributed by atoms with Crippen molar-refractivity contribution < 1.29 is 38.8 Å². The van der Waals surface area contributed by atoms with E-state index in [2.05, 4.69) is 139 Å². The van der Waals surface area contributed by atoms with Gasteiger partial charge in [-0.2, -0.15) is 0 Å². The van der Waals surface area contributed by atoms with Gasteiger partial charge in [0.25, 0.3) is 11.5 Å². The van der Waals surface area contributed by atoms with Crippen molar-refractivity contribution in [1.29, 1.82) is 0 Å². The van der Waals surface area contributed by atoms with Crippen LogP contribution in [0.1, 0.15) is 65.2 Å². The Hall–Kier alpha value is -9.07. The Balaban J connectivity index is 0.000000126. The Kier molecular flexibility index (Phi) is 14.3. The van der Waals surface area contributed by atoms with Gasteiger partial charge in [-0.05, 0) is 66.0 Å². The summed E-state index contributed by atoms with van der Waals surface area (Å²) in [6.45, 7) is 3.69. The van der Waals surface area contributed by atoms with Crippen LogP contribution in [0.4, 0.5) is 34.5 Å². The van der Waals surface area contributed by atoms with E-state index in [4.69, 9.17) is 14.2 Å². The highest BCUT2D eigenvalue weighted by Crippen LogP contribution is 2.38. The molecule has 28 nitrogen and oxygen atoms in total. The Bertz CT molecular complexity index is 4130. The largest absolute Gasteiger partial charge is 0.480 e. The second kappa shape index (κ2) is 21.8. The number of H-pyrrole nitrogens is 4. The molecule has 0 aromatic carbocycles. The Labute approximate surface area is 467 Å². The predicted molar refractivity (Wildman–Crippen MR) is 298 cm³/mol. The molecule has 0 bridgehead atoms. The van der Waals surface area contributed by atoms with Gasteiger partial charge >= 0.3 is 11.9 Å². The van der Waals surface area contributed by atoms with Gasteiger partial charge in [-0.15, -0.1) is 0 Å². The number of ether oxygens (including phenoxy) is 3. The maximum atomic E-state index is 13.0. The minimum absolute atomic E-state index is 0.00438. The number of fused-ring (bicyclic) bond motifs is 6. The summed E-state index contributed by atoms with van der Waals surface area (Å²) in [4.78, 5) is 107. The van der Waals surface area contributed by atoms with Gasteiger partial charge in [0, 0.05) is 54.1 Å². The number of hydrogen-bond donors (Lipinski definition) is 9. The first kappa shape index (κ1) is 52.0. The van der Waals surface area contributed by atoms with Crippen LogP contribution >= 0.6 is 47.8 Å². The van der Waals surface area contributed by atoms with E-state index in [1.807, 2.05) is 12.1 Å². The molecule has 13 rings (SSSR count). The van der Waals surface area contributed by atoms with E-state index < -0.39 is 11.9 Å². The van der Waals surface area contributed by atoms with E-state index in [9.17, 15) is 29.4 Å². The van der Waals surface area contributed by atoms with E-state index in [0.29, 0.717) is 139 Å². The van der Waals surface area contributed by atoms with Crippen molar-refractivity contribution in [2.24, 2.45) is 15.0 Å². The average molecular weight is 1260 g/mol. The Morgan fingerprint density at radius 3 is 1.47 bits per heavy atom. The lowest BCUT2D eigenvalue weighted by atomic mass is 10.2. The van der Waals surface area contributed by atoms with E-state index in [0.717, 1.165) is 33.8 Å². The molecule has 79 heavy (non-hydrogen) atoms. The highest BCUT2D eigenvalue weighted by molar-refractivity contribution is 9.11. The van der Waals surface area contributed by atoms with Crippen LogP contribution in [-0.4, -0.2) is 152 Å². The van der Waals surface area contributed by atoms with Crippen LogP contribution in [0.15, 0.2) is 70.4 Å². The molecule has 0 radical (unpaired) electrons. The molecule has 1 saturated heterocycles. The Morgan fingerprint density at radius 2 is 1.00 bits per heavy atom. The lowest BCUT2D eigenvalue weighted by Gasteiger charge is -2.26. The van der Waals surface area contributed by atoms with E-state index in [1.54, 1.807) is 36.7 Å². The molecule has 0 spiro atoms. The summed E-state index contributed by atoms with van der Waals surface area (Å²) in [7, 11) is 3.09. The maximum absolute atomic E-state index is 13.0. The summed E-state index contributed by atoms with van der Waals surface area (Å²) in [5, 5.41) is 29.5. The molecule has 31 heteroatoms. The van der Waals surface area contributed by atoms with Gasteiger partial charge in [0.15, 0.2) is 0 Å². The van der Waals surface area contributed by atoms with Crippen LogP contribution in [0.2, 0.25) is 0 Å². The number of carbonyl (C=O) groups is 3. The summed E-state index contributed by atoms with van der Waals surface area (Å²) in [5.74, 6) is -0.211. The molecule has 0 unspecified atom stereocenters. The molecule has 9 N–H and O–H groups in total. The summed E-state index contributed by atoms with van der Waals surface area (Å²) in [6, 6.07) is 5.47. The third kappa shape index (κ3) is 10.1. The number of anilines is 6. The van der Waals surface area contributed by atoms with Crippen LogP contribution in [0.3, 0.4) is 0 Å². The number of pyridine rings is 3. The van der Waals surface area contributed by atoms with Crippen molar-refractivity contribution in [2.45, 2.75) is 19.6 Å². The van der Waals surface area contributed by atoms with E-state index >= 15 is 0 Å². The third-order valence-corrected chi connectivity index (χ3v) is 14.8. The number of halogens is 3. The number of nitrogens with one attached hydrogen (secondary N) is 7. The summed E-state index contributed by atoms with van der Waals surface area (Å²) >= 11 is 10.1. The molecule has 0 saturated carbocycles. The van der Waals surface area contributed by atoms with Gasteiger partial charge in [-0.3, -0.25) is 24.6 Å². The SMILES string of the molecule is COc1nc2c(cc1Nc1ncnc3[nH]c(C(=O)N4CCOCC4)c(Br)c13)C=NC2.COc1nc2c(cc1Nc1ncnc3[nH]c(C(=O)O)c(Br)c13)C=NC2.O=C(O)c1[nH]c2ncnc(Nc3cc4c([nH]c3=O)CN=C4)c2c1Br. The van der Waals surface area contributed by atoms with Crippen molar-refractivity contribution >= 4 is 152 Å². The van der Waals surface area contributed by atoms with Crippen LogP contribution in [0.25, 0.3) is 33.1 Å². The number of aromatic nitrogens is 12. The van der Waals surface area contributed by atoms with Crippen molar-refractivity contribution in [3.05, 3.63) is 112 Å². The third-order valence-electron chi connectivity index (χ3n) is 12.5. The molecule has 9 aromatic rings. The number of amides is 1. The van der Waals surface area contributed by atoms with Crippen LogP contribution in [-0.2, 0) is 24.4 Å². The molecule has 4 aliphatic heterocycles. The first-order chi connectivity index (χ1) is 38.3. The first-order valence-corrected chi connectivity index (χ1v) is 25.8. The maximum Gasteiger partial charge on any atom is 0.353 e. The van der Waals surface area contributed by atoms with Crippen LogP contribution < -0.4 is 31.0 Å². The number of morpholine rings is 1. The van der Waals surface area contributed by atoms with Gasteiger partial charge in [0.2, 0.25) is 11.8 Å². The van der Waals surface area contributed by atoms with Crippen LogP contribution in [0, 0.1) is 0 Å². The first-order valence-electron chi connectivity index (χ1n) is 23.4. The fraction of sp³-hybridized carbons (Fsp3) is 0.188. The normalized spacial score (nSPS) is 13.6. The number of methoxy groups -OCH3 is 2. The zero-order valence-electron chi connectivity index (χ0n) is 40.9. The number of rotatable bonds is 11. The number of aliphatic imine (C=N–C) groups is 3. The van der Waals surface area contributed by atoms with E-state index in [-0.39, 0.29) is 28.5 Å². The number of hydrogen-bond acceptors (Lipinski definition) is 21. The minimum Gasteiger partial charge on any atom is -0.480 e. The summed E-state index contributed by atoms with van der Waals surface area (Å²) in [5.41, 5.74) is 8.02. The lowest BCUT2D eigenvalue weighted by Crippen LogP contribution is -2.40. The van der Waals surface area contributed by atoms with Crippen molar-refractivity contribution in [1.82, 2.24) is 64.7 Å². The standard InChI is InChI=1S/C19H18BrN7O3.C15H11BrN6O3.C14H9BrN6O3/c1-29-18-11(6-10-7-21-8-12(10)25-18)24-16-13-14(20)15(26-17(13)23-9-22-16)19(28)27-2-4-30-5-3-27;1-25-14-7(2-6-3-17-4-8(6)21-14)20-12-9-10(16)11(15(23)24)22-13(9)19-5-18-12;15-9-8-11(17-4-18-12(8)21-10(9)14(23)24)19-6-1-5-2-16-3-7(5)20-13(6)22/h6-7,9H,2-5,8H2,1H3,(H2,22,23,24,26);2-3,5H,4H2,1H3,(H,23,24)(H2,18,19,20,22);1-2,4H,3H2,(H,20,22)(H,23,24)(H2,17,18,19,21). The molecule has 0 aliphatic carbocycles. The molecule has 9 aromatic heterocycles. The zero-order chi connectivity index (χ0) is 55.1. The van der Waals surface area contributed by atoms with Gasteiger partial charge < -0.3 is 65.2 Å². The van der Waals surface area contributed by atoms with Gasteiger partial charge in [-0.1, -0.05) is 0 Å². The van der Waals surface area contributed by atoms with Crippen LogP contribution in [0.5, 0.6) is 11.8 Å². The van der Waals surface area contributed by atoms with Gasteiger partial charge in [0.05, 0.1) is 88.0 Å². The number of aromatic amines is 4. The van der Waals surface area contributed by atoms with Gasteiger partial charge in [-0.25, -0.2) is 49.5 Å². The smallest absolute Gasteiger partial charge is 0.353 e. The number of nitrogens with zero attached hydrogens (tertiary/aromatic N) is 12. The number of carbonyl (C=O) groups excluding carboxylic acids is 1. The highest BCUT2D eigenvalue weighted by atomic mass is 79.9. The molecular weight excluding hydrogens is 1230 g/mol. The molecular formula is C48H38Br3N19O9. The summed E-state index contributed by atoms with van der Waals surface area (Å²) < 4.78 is 17.4. The molecule has 1 fully saturated rings. The zero-order valence-corrected chi connectivity index (χ0v) is 45.7. The Morgan fingerprint density at radius 1 is 0.582 bits per heavy atom. The molecule has 13 heterocycles. The second-order valence-electron chi connectivity index (χ2n) is 17.2. The van der Waals surface area contributed by atoms with Gasteiger partial charge in [0.1, 0.15) is 87.5 Å². The number of carboxylic acid groups (broad SMARTS) is 2.